The van der Waals surface area contributed by atoms with Crippen molar-refractivity contribution >= 4 is 11.9 Å². The van der Waals surface area contributed by atoms with Crippen molar-refractivity contribution in [3.05, 3.63) is 0 Å². The lowest BCUT2D eigenvalue weighted by Gasteiger charge is -2.14. The monoisotopic (exact) mass is 177 g/mol. The van der Waals surface area contributed by atoms with Gasteiger partial charge in [-0.2, -0.15) is 0 Å². The molecule has 2 unspecified atom stereocenters. The summed E-state index contributed by atoms with van der Waals surface area (Å²) >= 11 is 0. The molecule has 0 radical (unpaired) electrons. The summed E-state index contributed by atoms with van der Waals surface area (Å²) in [5.74, 6) is -2.37. The smallest absolute Gasteiger partial charge is 0.306 e. The van der Waals surface area contributed by atoms with Gasteiger partial charge in [-0.3, -0.25) is 9.59 Å². The third-order valence-electron chi connectivity index (χ3n) is 1.29. The molecule has 5 N–H and O–H groups in total. The topological polar surface area (TPSA) is 121 Å². The van der Waals surface area contributed by atoms with Crippen LogP contribution in [0.3, 0.4) is 0 Å². The highest BCUT2D eigenvalue weighted by atomic mass is 16.4. The Kier molecular flexibility index (Phi) is 4.24. The second-order valence-corrected chi connectivity index (χ2v) is 2.43. The minimum atomic E-state index is -1.31. The third kappa shape index (κ3) is 4.64. The quantitative estimate of drug-likeness (QED) is 0.411. The van der Waals surface area contributed by atoms with Crippen LogP contribution in [-0.2, 0) is 9.59 Å². The highest BCUT2D eigenvalue weighted by Gasteiger charge is 2.20. The fourth-order valence-electron chi connectivity index (χ4n) is 0.668. The standard InChI is InChI=1S/C6H11NO5/c7-3(1-5(9)10)4(8)2-6(11)12/h3-4,8H,1-2,7H2,(H,9,10)(H,11,12). The van der Waals surface area contributed by atoms with E-state index in [1.165, 1.54) is 0 Å². The van der Waals surface area contributed by atoms with Crippen molar-refractivity contribution < 1.29 is 24.9 Å². The van der Waals surface area contributed by atoms with E-state index in [1.807, 2.05) is 0 Å². The number of carbonyl (C=O) groups is 2. The van der Waals surface area contributed by atoms with Crippen molar-refractivity contribution in [2.75, 3.05) is 0 Å². The lowest BCUT2D eigenvalue weighted by Crippen LogP contribution is -2.37. The SMILES string of the molecule is NC(CC(=O)O)C(O)CC(=O)O. The van der Waals surface area contributed by atoms with Crippen LogP contribution in [0.2, 0.25) is 0 Å². The molecule has 2 atom stereocenters. The first kappa shape index (κ1) is 10.9. The molecule has 6 nitrogen and oxygen atoms in total. The van der Waals surface area contributed by atoms with Gasteiger partial charge in [0.05, 0.1) is 18.9 Å². The lowest BCUT2D eigenvalue weighted by molar-refractivity contribution is -0.142. The normalized spacial score (nSPS) is 15.2. The second kappa shape index (κ2) is 4.68. The predicted molar refractivity (Wildman–Crippen MR) is 38.5 cm³/mol. The van der Waals surface area contributed by atoms with Crippen LogP contribution in [0.1, 0.15) is 12.8 Å². The van der Waals surface area contributed by atoms with Gasteiger partial charge in [-0.25, -0.2) is 0 Å². The Bertz CT molecular complexity index is 161. The molecule has 0 fully saturated rings. The maximum Gasteiger partial charge on any atom is 0.306 e. The molecule has 0 spiro atoms. The molecule has 0 aliphatic rings. The molecule has 12 heavy (non-hydrogen) atoms. The van der Waals surface area contributed by atoms with Gasteiger partial charge >= 0.3 is 11.9 Å². The zero-order chi connectivity index (χ0) is 9.72. The largest absolute Gasteiger partial charge is 0.481 e. The van der Waals surface area contributed by atoms with Gasteiger partial charge in [-0.1, -0.05) is 0 Å². The van der Waals surface area contributed by atoms with Gasteiger partial charge in [0.25, 0.3) is 0 Å². The van der Waals surface area contributed by atoms with Crippen LogP contribution < -0.4 is 5.73 Å². The fourth-order valence-corrected chi connectivity index (χ4v) is 0.668. The van der Waals surface area contributed by atoms with Gasteiger partial charge in [0.15, 0.2) is 0 Å². The first-order chi connectivity index (χ1) is 5.43. The van der Waals surface area contributed by atoms with Crippen molar-refractivity contribution in [1.82, 2.24) is 0 Å². The second-order valence-electron chi connectivity index (χ2n) is 2.43. The van der Waals surface area contributed by atoms with Crippen molar-refractivity contribution in [3.63, 3.8) is 0 Å². The summed E-state index contributed by atoms with van der Waals surface area (Å²) in [5, 5.41) is 25.4. The van der Waals surface area contributed by atoms with Crippen molar-refractivity contribution in [3.8, 4) is 0 Å². The lowest BCUT2D eigenvalue weighted by atomic mass is 10.1. The van der Waals surface area contributed by atoms with Gasteiger partial charge in [0.2, 0.25) is 0 Å². The number of nitrogens with two attached hydrogens (primary N) is 1. The Morgan fingerprint density at radius 3 is 1.92 bits per heavy atom. The predicted octanol–water partition coefficient (Wildman–Crippen LogP) is -1.38. The summed E-state index contributed by atoms with van der Waals surface area (Å²) in [6.45, 7) is 0. The average molecular weight is 177 g/mol. The summed E-state index contributed by atoms with van der Waals surface area (Å²) in [6, 6.07) is -1.03. The molecule has 0 aromatic rings. The molecule has 0 amide bonds. The number of aliphatic hydroxyl groups is 1. The molecule has 0 bridgehead atoms. The summed E-state index contributed by atoms with van der Waals surface area (Å²) in [7, 11) is 0. The first-order valence-corrected chi connectivity index (χ1v) is 3.30. The summed E-state index contributed by atoms with van der Waals surface area (Å²) in [4.78, 5) is 20.1. The zero-order valence-corrected chi connectivity index (χ0v) is 6.30. The van der Waals surface area contributed by atoms with Gasteiger partial charge in [-0.15, -0.1) is 0 Å². The number of aliphatic hydroxyl groups excluding tert-OH is 1. The summed E-state index contributed by atoms with van der Waals surface area (Å²) < 4.78 is 0. The third-order valence-corrected chi connectivity index (χ3v) is 1.29. The highest BCUT2D eigenvalue weighted by molar-refractivity contribution is 5.69. The average Bonchev–Trinajstić information content (AvgIpc) is 1.84. The number of carboxylic acid groups (broad SMARTS) is 2. The Hall–Kier alpha value is -1.14. The molecule has 0 aromatic carbocycles. The maximum atomic E-state index is 10.1. The van der Waals surface area contributed by atoms with E-state index in [9.17, 15) is 9.59 Å². The molecule has 0 saturated heterocycles. The highest BCUT2D eigenvalue weighted by Crippen LogP contribution is 2.00. The molecule has 0 heterocycles. The van der Waals surface area contributed by atoms with E-state index in [4.69, 9.17) is 21.1 Å². The molecule has 70 valence electrons. The van der Waals surface area contributed by atoms with Gasteiger partial charge < -0.3 is 21.1 Å². The number of hydrogen-bond donors (Lipinski definition) is 4. The van der Waals surface area contributed by atoms with E-state index in [0.717, 1.165) is 0 Å². The van der Waals surface area contributed by atoms with Crippen LogP contribution in [0.25, 0.3) is 0 Å². The van der Waals surface area contributed by atoms with Gasteiger partial charge in [0, 0.05) is 6.04 Å². The number of rotatable bonds is 5. The number of hydrogen-bond acceptors (Lipinski definition) is 4. The Balaban J connectivity index is 3.83. The molecular weight excluding hydrogens is 166 g/mol. The minimum absolute atomic E-state index is 0.436. The molecular formula is C6H11NO5. The molecule has 0 aliphatic carbocycles. The first-order valence-electron chi connectivity index (χ1n) is 3.30. The molecule has 0 aliphatic heterocycles. The van der Waals surface area contributed by atoms with Crippen LogP contribution in [-0.4, -0.2) is 39.4 Å². The van der Waals surface area contributed by atoms with Crippen molar-refractivity contribution in [1.29, 1.82) is 0 Å². The van der Waals surface area contributed by atoms with E-state index in [2.05, 4.69) is 0 Å². The minimum Gasteiger partial charge on any atom is -0.481 e. The molecule has 6 heteroatoms. The van der Waals surface area contributed by atoms with E-state index in [1.54, 1.807) is 0 Å². The zero-order valence-electron chi connectivity index (χ0n) is 6.30. The molecule has 0 aromatic heterocycles. The van der Waals surface area contributed by atoms with Crippen molar-refractivity contribution in [2.45, 2.75) is 25.0 Å². The molecule has 0 saturated carbocycles. The van der Waals surface area contributed by atoms with Crippen LogP contribution in [0.5, 0.6) is 0 Å². The van der Waals surface area contributed by atoms with Crippen LogP contribution in [0, 0.1) is 0 Å². The van der Waals surface area contributed by atoms with Crippen molar-refractivity contribution in [2.24, 2.45) is 5.73 Å². The van der Waals surface area contributed by atoms with Crippen LogP contribution >= 0.6 is 0 Å². The Labute approximate surface area is 68.6 Å². The summed E-state index contributed by atoms with van der Waals surface area (Å²) in [5.41, 5.74) is 5.17. The van der Waals surface area contributed by atoms with Crippen LogP contribution in [0.4, 0.5) is 0 Å². The fraction of sp³-hybridized carbons (Fsp3) is 0.667. The number of aliphatic carboxylic acids is 2. The Morgan fingerprint density at radius 2 is 1.58 bits per heavy atom. The Morgan fingerprint density at radius 1 is 1.17 bits per heavy atom. The van der Waals surface area contributed by atoms with Crippen LogP contribution in [0.15, 0.2) is 0 Å². The van der Waals surface area contributed by atoms with Gasteiger partial charge in [-0.05, 0) is 0 Å². The summed E-state index contributed by atoms with van der Waals surface area (Å²) in [6.07, 6.45) is -2.28. The van der Waals surface area contributed by atoms with E-state index < -0.39 is 36.9 Å². The van der Waals surface area contributed by atoms with E-state index >= 15 is 0 Å². The maximum absolute atomic E-state index is 10.1. The molecule has 0 rings (SSSR count). The van der Waals surface area contributed by atoms with Gasteiger partial charge in [0.1, 0.15) is 0 Å². The number of carboxylic acids is 2. The van der Waals surface area contributed by atoms with E-state index in [0.29, 0.717) is 0 Å². The van der Waals surface area contributed by atoms with E-state index in [-0.39, 0.29) is 0 Å².